The molecule has 0 aliphatic heterocycles. The lowest BCUT2D eigenvalue weighted by atomic mass is 10.0. The largest absolute Gasteiger partial charge is 0.478 e. The minimum absolute atomic E-state index is 0.235. The van der Waals surface area contributed by atoms with Crippen LogP contribution in [0.1, 0.15) is 11.1 Å². The molecule has 0 atom stereocenters. The number of nitrogens with one attached hydrogen (secondary N) is 2. The van der Waals surface area contributed by atoms with Gasteiger partial charge in [0.15, 0.2) is 0 Å². The summed E-state index contributed by atoms with van der Waals surface area (Å²) in [5.74, 6) is -0.268. The van der Waals surface area contributed by atoms with Gasteiger partial charge in [-0.1, -0.05) is 46.3 Å². The quantitative estimate of drug-likeness (QED) is 0.353. The van der Waals surface area contributed by atoms with Gasteiger partial charge in [-0.25, -0.2) is 9.78 Å². The van der Waals surface area contributed by atoms with Gasteiger partial charge in [0, 0.05) is 27.3 Å². The number of anilines is 2. The molecule has 138 valence electrons. The van der Waals surface area contributed by atoms with E-state index < -0.39 is 5.97 Å². The van der Waals surface area contributed by atoms with E-state index in [0.717, 1.165) is 21.1 Å². The molecule has 0 aliphatic rings. The molecule has 0 radical (unpaired) electrons. The number of carbonyl (C=O) groups is 1. The molecule has 2 aromatic heterocycles. The number of nitrogens with zero attached hydrogens (tertiary/aromatic N) is 1. The Kier molecular flexibility index (Phi) is 4.95. The number of rotatable bonds is 5. The van der Waals surface area contributed by atoms with Crippen molar-refractivity contribution in [2.45, 2.75) is 0 Å². The monoisotopic (exact) mass is 433 g/mol. The smallest absolute Gasteiger partial charge is 0.336 e. The minimum atomic E-state index is -0.970. The molecule has 3 N–H and O–H groups in total. The van der Waals surface area contributed by atoms with Gasteiger partial charge in [0.2, 0.25) is 0 Å². The average Bonchev–Trinajstić information content (AvgIpc) is 3.10. The molecule has 0 saturated carbocycles. The number of benzene rings is 2. The first-order chi connectivity index (χ1) is 13.6. The van der Waals surface area contributed by atoms with Crippen LogP contribution in [0, 0.1) is 0 Å². The van der Waals surface area contributed by atoms with Crippen LogP contribution in [0.25, 0.3) is 22.7 Å². The zero-order valence-corrected chi connectivity index (χ0v) is 16.3. The van der Waals surface area contributed by atoms with Crippen molar-refractivity contribution < 1.29 is 9.90 Å². The van der Waals surface area contributed by atoms with Gasteiger partial charge in [0.05, 0.1) is 5.57 Å². The van der Waals surface area contributed by atoms with E-state index >= 15 is 0 Å². The summed E-state index contributed by atoms with van der Waals surface area (Å²) >= 11 is 3.42. The lowest BCUT2D eigenvalue weighted by Crippen LogP contribution is -1.99. The number of halogens is 1. The molecule has 2 aromatic carbocycles. The fourth-order valence-corrected chi connectivity index (χ4v) is 3.20. The van der Waals surface area contributed by atoms with Gasteiger partial charge < -0.3 is 15.4 Å². The van der Waals surface area contributed by atoms with E-state index in [1.54, 1.807) is 24.4 Å². The molecule has 2 heterocycles. The zero-order chi connectivity index (χ0) is 19.5. The van der Waals surface area contributed by atoms with Crippen molar-refractivity contribution in [1.29, 1.82) is 0 Å². The topological polar surface area (TPSA) is 78.0 Å². The van der Waals surface area contributed by atoms with E-state index in [-0.39, 0.29) is 5.57 Å². The number of carboxylic acids is 1. The summed E-state index contributed by atoms with van der Waals surface area (Å²) < 4.78 is 1.01. The number of hydrogen-bond donors (Lipinski definition) is 3. The van der Waals surface area contributed by atoms with Gasteiger partial charge >= 0.3 is 5.97 Å². The lowest BCUT2D eigenvalue weighted by Gasteiger charge is -2.06. The molecular formula is C22H16BrN3O2. The number of aromatic amines is 1. The number of pyridine rings is 1. The molecular weight excluding hydrogens is 418 g/mol. The number of aromatic nitrogens is 2. The number of H-pyrrole nitrogens is 1. The molecule has 6 heteroatoms. The molecule has 28 heavy (non-hydrogen) atoms. The van der Waals surface area contributed by atoms with E-state index in [9.17, 15) is 9.90 Å². The summed E-state index contributed by atoms with van der Waals surface area (Å²) in [6.45, 7) is 0. The standard InChI is InChI=1S/C22H16BrN3O2/c23-16-6-8-17(9-7-16)25-20-11-10-18-15(13-24-21(18)26-20)12-19(22(27)28)14-4-2-1-3-5-14/h1-13H,(H,27,28)(H2,24,25,26)/b19-12+. The second-order valence-electron chi connectivity index (χ2n) is 6.20. The van der Waals surface area contributed by atoms with Crippen LogP contribution >= 0.6 is 15.9 Å². The van der Waals surface area contributed by atoms with E-state index in [0.29, 0.717) is 17.0 Å². The Labute approximate surface area is 169 Å². The summed E-state index contributed by atoms with van der Waals surface area (Å²) in [6.07, 6.45) is 3.44. The minimum Gasteiger partial charge on any atom is -0.478 e. The highest BCUT2D eigenvalue weighted by atomic mass is 79.9. The van der Waals surface area contributed by atoms with Gasteiger partial charge in [0.1, 0.15) is 11.5 Å². The lowest BCUT2D eigenvalue weighted by molar-refractivity contribution is -0.130. The SMILES string of the molecule is O=C(O)/C(=C/c1c[nH]c2nc(Nc3ccc(Br)cc3)ccc12)c1ccccc1. The molecule has 0 spiro atoms. The number of hydrogen-bond acceptors (Lipinski definition) is 3. The van der Waals surface area contributed by atoms with Crippen molar-refractivity contribution in [2.24, 2.45) is 0 Å². The summed E-state index contributed by atoms with van der Waals surface area (Å²) in [4.78, 5) is 19.4. The van der Waals surface area contributed by atoms with Crippen LogP contribution in [-0.4, -0.2) is 21.0 Å². The van der Waals surface area contributed by atoms with Crippen LogP contribution in [0.3, 0.4) is 0 Å². The van der Waals surface area contributed by atoms with Crippen LogP contribution < -0.4 is 5.32 Å². The summed E-state index contributed by atoms with van der Waals surface area (Å²) in [5.41, 5.74) is 3.29. The van der Waals surface area contributed by atoms with Gasteiger partial charge in [-0.2, -0.15) is 0 Å². The molecule has 0 amide bonds. The maximum atomic E-state index is 11.7. The Morgan fingerprint density at radius 1 is 1.04 bits per heavy atom. The first-order valence-corrected chi connectivity index (χ1v) is 9.40. The summed E-state index contributed by atoms with van der Waals surface area (Å²) in [7, 11) is 0. The second kappa shape index (κ2) is 7.70. The Morgan fingerprint density at radius 3 is 2.50 bits per heavy atom. The van der Waals surface area contributed by atoms with Crippen LogP contribution in [0.5, 0.6) is 0 Å². The Balaban J connectivity index is 1.67. The average molecular weight is 434 g/mol. The maximum Gasteiger partial charge on any atom is 0.336 e. The molecule has 0 aliphatic carbocycles. The number of aliphatic carboxylic acids is 1. The first-order valence-electron chi connectivity index (χ1n) is 8.61. The number of fused-ring (bicyclic) bond motifs is 1. The van der Waals surface area contributed by atoms with Crippen molar-refractivity contribution in [3.8, 4) is 0 Å². The van der Waals surface area contributed by atoms with Crippen molar-refractivity contribution >= 4 is 56.1 Å². The van der Waals surface area contributed by atoms with Gasteiger partial charge in [-0.05, 0) is 48.0 Å². The number of carboxylic acid groups (broad SMARTS) is 1. The maximum absolute atomic E-state index is 11.7. The van der Waals surface area contributed by atoms with Crippen molar-refractivity contribution in [2.75, 3.05) is 5.32 Å². The Morgan fingerprint density at radius 2 is 1.79 bits per heavy atom. The highest BCUT2D eigenvalue weighted by molar-refractivity contribution is 9.10. The molecule has 4 aromatic rings. The molecule has 0 unspecified atom stereocenters. The predicted molar refractivity (Wildman–Crippen MR) is 115 cm³/mol. The summed E-state index contributed by atoms with van der Waals surface area (Å²) in [6, 6.07) is 20.7. The van der Waals surface area contributed by atoms with Gasteiger partial charge in [-0.3, -0.25) is 0 Å². The molecule has 0 bridgehead atoms. The van der Waals surface area contributed by atoms with Crippen LogP contribution in [0.2, 0.25) is 0 Å². The fourth-order valence-electron chi connectivity index (χ4n) is 2.94. The van der Waals surface area contributed by atoms with E-state index in [4.69, 9.17) is 0 Å². The highest BCUT2D eigenvalue weighted by Gasteiger charge is 2.12. The predicted octanol–water partition coefficient (Wildman–Crippen LogP) is 5.69. The van der Waals surface area contributed by atoms with Crippen molar-refractivity contribution in [3.63, 3.8) is 0 Å². The third-order valence-corrected chi connectivity index (χ3v) is 4.83. The third kappa shape index (κ3) is 3.82. The van der Waals surface area contributed by atoms with Crippen LogP contribution in [0.15, 0.2) is 77.4 Å². The van der Waals surface area contributed by atoms with E-state index in [2.05, 4.69) is 31.2 Å². The molecule has 0 saturated heterocycles. The van der Waals surface area contributed by atoms with Crippen LogP contribution in [-0.2, 0) is 4.79 Å². The van der Waals surface area contributed by atoms with Crippen molar-refractivity contribution in [3.05, 3.63) is 88.5 Å². The molecule has 5 nitrogen and oxygen atoms in total. The van der Waals surface area contributed by atoms with Crippen LogP contribution in [0.4, 0.5) is 11.5 Å². The molecule has 4 rings (SSSR count). The van der Waals surface area contributed by atoms with Crippen molar-refractivity contribution in [1.82, 2.24) is 9.97 Å². The van der Waals surface area contributed by atoms with E-state index in [1.165, 1.54) is 0 Å². The second-order valence-corrected chi connectivity index (χ2v) is 7.11. The third-order valence-electron chi connectivity index (χ3n) is 4.30. The Hall–Kier alpha value is -3.38. The highest BCUT2D eigenvalue weighted by Crippen LogP contribution is 2.26. The fraction of sp³-hybridized carbons (Fsp3) is 0. The van der Waals surface area contributed by atoms with E-state index in [1.807, 2.05) is 54.6 Å². The Bertz CT molecular complexity index is 1170. The normalized spacial score (nSPS) is 11.5. The first kappa shape index (κ1) is 18.0. The zero-order valence-electron chi connectivity index (χ0n) is 14.7. The summed E-state index contributed by atoms with van der Waals surface area (Å²) in [5, 5.41) is 13.7. The van der Waals surface area contributed by atoms with Gasteiger partial charge in [-0.15, -0.1) is 0 Å². The molecule has 0 fully saturated rings. The van der Waals surface area contributed by atoms with Gasteiger partial charge in [0.25, 0.3) is 0 Å².